The van der Waals surface area contributed by atoms with Crippen LogP contribution in [0.2, 0.25) is 0 Å². The van der Waals surface area contributed by atoms with Gasteiger partial charge in [0.25, 0.3) is 0 Å². The topological polar surface area (TPSA) is 41.5 Å². The zero-order chi connectivity index (χ0) is 9.26. The Labute approximate surface area is 77.3 Å². The van der Waals surface area contributed by atoms with Crippen LogP contribution in [0.5, 0.6) is 5.75 Å². The van der Waals surface area contributed by atoms with E-state index in [9.17, 15) is 0 Å². The minimum Gasteiger partial charge on any atom is -0.496 e. The highest BCUT2D eigenvalue weighted by Crippen LogP contribution is 2.32. The second-order valence-electron chi connectivity index (χ2n) is 3.15. The number of hydrogen-bond acceptors (Lipinski definition) is 3. The number of nitrogens with one attached hydrogen (secondary N) is 1. The molecule has 1 unspecified atom stereocenters. The lowest BCUT2D eigenvalue weighted by Crippen LogP contribution is -2.15. The Kier molecular flexibility index (Phi) is 2.20. The van der Waals surface area contributed by atoms with Gasteiger partial charge in [0.1, 0.15) is 5.75 Å². The number of benzene rings is 1. The molecule has 3 nitrogen and oxygen atoms in total. The van der Waals surface area contributed by atoms with Crippen molar-refractivity contribution in [2.75, 3.05) is 13.7 Å². The molecule has 0 aromatic heterocycles. The Balaban J connectivity index is 2.46. The van der Waals surface area contributed by atoms with Crippen molar-refractivity contribution in [1.29, 1.82) is 0 Å². The summed E-state index contributed by atoms with van der Waals surface area (Å²) >= 11 is 0. The van der Waals surface area contributed by atoms with E-state index in [1.807, 2.05) is 12.1 Å². The Morgan fingerprint density at radius 3 is 3.15 bits per heavy atom. The standard InChI is InChI=1S/C10H13NO2/c1-13-9-4-2-3-7-5-11-8(6-12)10(7)9/h2-4,8,11-12H,5-6H2,1H3. The van der Waals surface area contributed by atoms with Crippen molar-refractivity contribution in [3.8, 4) is 5.75 Å². The van der Waals surface area contributed by atoms with Gasteiger partial charge in [0.05, 0.1) is 19.8 Å². The van der Waals surface area contributed by atoms with Crippen molar-refractivity contribution < 1.29 is 9.84 Å². The van der Waals surface area contributed by atoms with Crippen molar-refractivity contribution in [2.45, 2.75) is 12.6 Å². The summed E-state index contributed by atoms with van der Waals surface area (Å²) in [5, 5.41) is 12.3. The summed E-state index contributed by atoms with van der Waals surface area (Å²) in [4.78, 5) is 0. The lowest BCUT2D eigenvalue weighted by molar-refractivity contribution is 0.249. The molecule has 2 N–H and O–H groups in total. The average Bonchev–Trinajstić information content (AvgIpc) is 2.60. The van der Waals surface area contributed by atoms with Crippen molar-refractivity contribution in [3.05, 3.63) is 29.3 Å². The van der Waals surface area contributed by atoms with Crippen LogP contribution in [0.15, 0.2) is 18.2 Å². The fourth-order valence-corrected chi connectivity index (χ4v) is 1.81. The second-order valence-corrected chi connectivity index (χ2v) is 3.15. The molecule has 1 aliphatic rings. The molecule has 1 heterocycles. The minimum atomic E-state index is 0.0335. The molecular formula is C10H13NO2. The van der Waals surface area contributed by atoms with Crippen LogP contribution in [0.3, 0.4) is 0 Å². The highest BCUT2D eigenvalue weighted by atomic mass is 16.5. The summed E-state index contributed by atoms with van der Waals surface area (Å²) < 4.78 is 5.24. The first-order chi connectivity index (χ1) is 6.36. The van der Waals surface area contributed by atoms with Crippen molar-refractivity contribution in [2.24, 2.45) is 0 Å². The molecule has 0 amide bonds. The predicted octanol–water partition coefficient (Wildman–Crippen LogP) is 0.832. The van der Waals surface area contributed by atoms with Crippen LogP contribution in [-0.2, 0) is 6.54 Å². The monoisotopic (exact) mass is 179 g/mol. The van der Waals surface area contributed by atoms with E-state index in [-0.39, 0.29) is 12.6 Å². The van der Waals surface area contributed by atoms with Gasteiger partial charge in [-0.3, -0.25) is 0 Å². The van der Waals surface area contributed by atoms with Crippen LogP contribution in [-0.4, -0.2) is 18.8 Å². The number of ether oxygens (including phenoxy) is 1. The van der Waals surface area contributed by atoms with Gasteiger partial charge in [0, 0.05) is 12.1 Å². The van der Waals surface area contributed by atoms with Gasteiger partial charge < -0.3 is 15.2 Å². The maximum Gasteiger partial charge on any atom is 0.124 e. The zero-order valence-corrected chi connectivity index (χ0v) is 7.58. The Bertz CT molecular complexity index is 312. The Hall–Kier alpha value is -1.06. The molecule has 1 aromatic carbocycles. The molecular weight excluding hydrogens is 166 g/mol. The average molecular weight is 179 g/mol. The molecule has 0 saturated heterocycles. The molecule has 1 aliphatic heterocycles. The lowest BCUT2D eigenvalue weighted by atomic mass is 10.0. The molecule has 0 aliphatic carbocycles. The fraction of sp³-hybridized carbons (Fsp3) is 0.400. The summed E-state index contributed by atoms with van der Waals surface area (Å²) in [6, 6.07) is 5.99. The first-order valence-corrected chi connectivity index (χ1v) is 4.37. The van der Waals surface area contributed by atoms with Crippen molar-refractivity contribution in [3.63, 3.8) is 0 Å². The van der Waals surface area contributed by atoms with Crippen LogP contribution in [0.1, 0.15) is 17.2 Å². The van der Waals surface area contributed by atoms with E-state index < -0.39 is 0 Å². The largest absolute Gasteiger partial charge is 0.496 e. The van der Waals surface area contributed by atoms with Crippen LogP contribution in [0.4, 0.5) is 0 Å². The van der Waals surface area contributed by atoms with Gasteiger partial charge in [-0.25, -0.2) is 0 Å². The Morgan fingerprint density at radius 2 is 2.46 bits per heavy atom. The quantitative estimate of drug-likeness (QED) is 0.706. The summed E-state index contributed by atoms with van der Waals surface area (Å²) in [5.41, 5.74) is 2.32. The van der Waals surface area contributed by atoms with E-state index in [1.165, 1.54) is 5.56 Å². The number of aliphatic hydroxyl groups excluding tert-OH is 1. The molecule has 1 aromatic rings. The summed E-state index contributed by atoms with van der Waals surface area (Å²) in [7, 11) is 1.66. The molecule has 0 bridgehead atoms. The van der Waals surface area contributed by atoms with Crippen LogP contribution >= 0.6 is 0 Å². The number of rotatable bonds is 2. The smallest absolute Gasteiger partial charge is 0.124 e. The Morgan fingerprint density at radius 1 is 1.62 bits per heavy atom. The molecule has 2 rings (SSSR count). The van der Waals surface area contributed by atoms with E-state index >= 15 is 0 Å². The van der Waals surface area contributed by atoms with Gasteiger partial charge in [0.15, 0.2) is 0 Å². The molecule has 0 fully saturated rings. The highest BCUT2D eigenvalue weighted by molar-refractivity contribution is 5.45. The number of hydrogen-bond donors (Lipinski definition) is 2. The van der Waals surface area contributed by atoms with Crippen LogP contribution < -0.4 is 10.1 Å². The van der Waals surface area contributed by atoms with E-state index in [1.54, 1.807) is 7.11 Å². The first kappa shape index (κ1) is 8.53. The van der Waals surface area contributed by atoms with Crippen LogP contribution in [0.25, 0.3) is 0 Å². The molecule has 0 saturated carbocycles. The second kappa shape index (κ2) is 3.36. The van der Waals surface area contributed by atoms with E-state index in [0.717, 1.165) is 17.9 Å². The fourth-order valence-electron chi connectivity index (χ4n) is 1.81. The molecule has 70 valence electrons. The maximum absolute atomic E-state index is 9.11. The van der Waals surface area contributed by atoms with Gasteiger partial charge in [-0.15, -0.1) is 0 Å². The van der Waals surface area contributed by atoms with E-state index in [0.29, 0.717) is 0 Å². The minimum absolute atomic E-state index is 0.0335. The summed E-state index contributed by atoms with van der Waals surface area (Å²) in [6.45, 7) is 0.936. The van der Waals surface area contributed by atoms with E-state index in [4.69, 9.17) is 9.84 Å². The predicted molar refractivity (Wildman–Crippen MR) is 49.7 cm³/mol. The molecule has 1 atom stereocenters. The van der Waals surface area contributed by atoms with Gasteiger partial charge in [-0.05, 0) is 11.6 Å². The molecule has 3 heteroatoms. The zero-order valence-electron chi connectivity index (χ0n) is 7.58. The van der Waals surface area contributed by atoms with E-state index in [2.05, 4.69) is 11.4 Å². The highest BCUT2D eigenvalue weighted by Gasteiger charge is 2.24. The third kappa shape index (κ3) is 1.30. The SMILES string of the molecule is COc1cccc2c1C(CO)NC2. The van der Waals surface area contributed by atoms with Gasteiger partial charge in [-0.1, -0.05) is 12.1 Å². The molecule has 0 spiro atoms. The van der Waals surface area contributed by atoms with Crippen molar-refractivity contribution >= 4 is 0 Å². The normalized spacial score (nSPS) is 20.0. The molecule has 13 heavy (non-hydrogen) atoms. The van der Waals surface area contributed by atoms with Gasteiger partial charge in [-0.2, -0.15) is 0 Å². The number of methoxy groups -OCH3 is 1. The van der Waals surface area contributed by atoms with Gasteiger partial charge >= 0.3 is 0 Å². The number of fused-ring (bicyclic) bond motifs is 1. The van der Waals surface area contributed by atoms with Crippen LogP contribution in [0, 0.1) is 0 Å². The number of aliphatic hydroxyl groups is 1. The summed E-state index contributed by atoms with van der Waals surface area (Å²) in [6.07, 6.45) is 0. The molecule has 0 radical (unpaired) electrons. The third-order valence-corrected chi connectivity index (χ3v) is 2.45. The first-order valence-electron chi connectivity index (χ1n) is 4.37. The lowest BCUT2D eigenvalue weighted by Gasteiger charge is -2.11. The maximum atomic E-state index is 9.11. The summed E-state index contributed by atoms with van der Waals surface area (Å²) in [5.74, 6) is 0.863. The third-order valence-electron chi connectivity index (χ3n) is 2.45. The van der Waals surface area contributed by atoms with Crippen molar-refractivity contribution in [1.82, 2.24) is 5.32 Å². The van der Waals surface area contributed by atoms with Gasteiger partial charge in [0.2, 0.25) is 0 Å².